The van der Waals surface area contributed by atoms with Gasteiger partial charge in [0.2, 0.25) is 0 Å². The summed E-state index contributed by atoms with van der Waals surface area (Å²) in [5.74, 6) is -0.629. The number of carbonyl (C=O) groups is 1. The van der Waals surface area contributed by atoms with Crippen molar-refractivity contribution in [3.63, 3.8) is 0 Å². The van der Waals surface area contributed by atoms with Crippen molar-refractivity contribution in [3.8, 4) is 28.7 Å². The summed E-state index contributed by atoms with van der Waals surface area (Å²) in [5.41, 5.74) is 0.436. The predicted octanol–water partition coefficient (Wildman–Crippen LogP) is 4.57. The van der Waals surface area contributed by atoms with Gasteiger partial charge in [-0.15, -0.1) is 0 Å². The van der Waals surface area contributed by atoms with Gasteiger partial charge in [0.1, 0.15) is 5.56 Å². The Morgan fingerprint density at radius 1 is 1.07 bits per heavy atom. The topological polar surface area (TPSA) is 95.9 Å². The van der Waals surface area contributed by atoms with E-state index in [-0.39, 0.29) is 11.3 Å². The molecule has 0 fully saturated rings. The van der Waals surface area contributed by atoms with Gasteiger partial charge in [0, 0.05) is 23.5 Å². The first-order chi connectivity index (χ1) is 19.0. The van der Waals surface area contributed by atoms with E-state index in [4.69, 9.17) is 5.26 Å². The SMILES string of the molecule is Cc1c(-c2ccnn2-c2ccc(C#N)cc2)cc(C(=O)NCCCN(C)C)c(=O)n1-c1cccc(C(F)(F)F)c1. The number of alkyl halides is 3. The van der Waals surface area contributed by atoms with E-state index in [1.807, 2.05) is 19.0 Å². The maximum absolute atomic E-state index is 13.6. The number of pyridine rings is 1. The summed E-state index contributed by atoms with van der Waals surface area (Å²) < 4.78 is 43.3. The van der Waals surface area contributed by atoms with E-state index < -0.39 is 23.2 Å². The van der Waals surface area contributed by atoms with Gasteiger partial charge in [-0.25, -0.2) is 4.68 Å². The van der Waals surface area contributed by atoms with Crippen LogP contribution in [0.1, 0.15) is 33.6 Å². The first-order valence-electron chi connectivity index (χ1n) is 12.4. The molecule has 0 saturated carbocycles. The number of halogens is 3. The lowest BCUT2D eigenvalue weighted by Crippen LogP contribution is -2.35. The van der Waals surface area contributed by atoms with Crippen molar-refractivity contribution in [2.75, 3.05) is 27.2 Å². The lowest BCUT2D eigenvalue weighted by Gasteiger charge is -2.19. The molecule has 0 atom stereocenters. The molecule has 1 amide bonds. The van der Waals surface area contributed by atoms with Crippen LogP contribution in [0.3, 0.4) is 0 Å². The Kier molecular flexibility index (Phi) is 8.21. The Hall–Kier alpha value is -4.69. The minimum absolute atomic E-state index is 0.0229. The third-order valence-electron chi connectivity index (χ3n) is 6.35. The molecule has 2 aromatic heterocycles. The first kappa shape index (κ1) is 28.3. The van der Waals surface area contributed by atoms with Gasteiger partial charge in [-0.1, -0.05) is 6.07 Å². The Morgan fingerprint density at radius 2 is 1.80 bits per heavy atom. The molecule has 8 nitrogen and oxygen atoms in total. The van der Waals surface area contributed by atoms with Crippen LogP contribution >= 0.6 is 0 Å². The first-order valence-corrected chi connectivity index (χ1v) is 12.4. The lowest BCUT2D eigenvalue weighted by molar-refractivity contribution is -0.137. The third-order valence-corrected chi connectivity index (χ3v) is 6.35. The highest BCUT2D eigenvalue weighted by atomic mass is 19.4. The van der Waals surface area contributed by atoms with Gasteiger partial charge in [0.05, 0.1) is 34.8 Å². The van der Waals surface area contributed by atoms with Crippen LogP contribution in [0.5, 0.6) is 0 Å². The molecule has 40 heavy (non-hydrogen) atoms. The number of hydrogen-bond acceptors (Lipinski definition) is 5. The van der Waals surface area contributed by atoms with Crippen LogP contribution in [-0.2, 0) is 6.18 Å². The average molecular weight is 549 g/mol. The molecule has 11 heteroatoms. The van der Waals surface area contributed by atoms with E-state index in [0.29, 0.717) is 41.2 Å². The maximum Gasteiger partial charge on any atom is 0.416 e. The Morgan fingerprint density at radius 3 is 2.45 bits per heavy atom. The molecule has 0 saturated heterocycles. The summed E-state index contributed by atoms with van der Waals surface area (Å²) >= 11 is 0. The summed E-state index contributed by atoms with van der Waals surface area (Å²) in [6.45, 7) is 2.63. The molecule has 0 unspecified atom stereocenters. The minimum atomic E-state index is -4.62. The molecule has 2 heterocycles. The number of amides is 1. The average Bonchev–Trinajstić information content (AvgIpc) is 3.40. The Balaban J connectivity index is 1.89. The number of hydrogen-bond donors (Lipinski definition) is 1. The number of nitrogens with one attached hydrogen (secondary N) is 1. The summed E-state index contributed by atoms with van der Waals surface area (Å²) in [7, 11) is 3.80. The second kappa shape index (κ2) is 11.6. The van der Waals surface area contributed by atoms with Crippen LogP contribution in [0.15, 0.2) is 71.7 Å². The number of aromatic nitrogens is 3. The van der Waals surface area contributed by atoms with Crippen molar-refractivity contribution < 1.29 is 18.0 Å². The number of nitrogens with zero attached hydrogens (tertiary/aromatic N) is 5. The van der Waals surface area contributed by atoms with Crippen LogP contribution in [-0.4, -0.2) is 52.3 Å². The Labute approximate surface area is 228 Å². The van der Waals surface area contributed by atoms with Crippen LogP contribution in [0, 0.1) is 18.3 Å². The predicted molar refractivity (Wildman–Crippen MR) is 145 cm³/mol. The van der Waals surface area contributed by atoms with Gasteiger partial charge in [-0.2, -0.15) is 23.5 Å². The van der Waals surface area contributed by atoms with E-state index in [1.165, 1.54) is 24.4 Å². The summed E-state index contributed by atoms with van der Waals surface area (Å²) in [4.78, 5) is 28.8. The van der Waals surface area contributed by atoms with Crippen molar-refractivity contribution in [2.24, 2.45) is 0 Å². The highest BCUT2D eigenvalue weighted by Crippen LogP contribution is 2.32. The van der Waals surface area contributed by atoms with Crippen molar-refractivity contribution in [3.05, 3.63) is 99.6 Å². The third kappa shape index (κ3) is 5.97. The largest absolute Gasteiger partial charge is 0.416 e. The molecule has 0 bridgehead atoms. The van der Waals surface area contributed by atoms with Crippen molar-refractivity contribution >= 4 is 5.91 Å². The number of benzene rings is 2. The molecular weight excluding hydrogens is 521 g/mol. The highest BCUT2D eigenvalue weighted by Gasteiger charge is 2.31. The van der Waals surface area contributed by atoms with Crippen molar-refractivity contribution in [1.82, 2.24) is 24.6 Å². The van der Waals surface area contributed by atoms with E-state index in [1.54, 1.807) is 41.9 Å². The van der Waals surface area contributed by atoms with Crippen molar-refractivity contribution in [1.29, 1.82) is 5.26 Å². The monoisotopic (exact) mass is 548 g/mol. The van der Waals surface area contributed by atoms with Gasteiger partial charge in [0.15, 0.2) is 0 Å². The van der Waals surface area contributed by atoms with Crippen molar-refractivity contribution in [2.45, 2.75) is 19.5 Å². The highest BCUT2D eigenvalue weighted by molar-refractivity contribution is 5.95. The van der Waals surface area contributed by atoms with Crippen LogP contribution in [0.25, 0.3) is 22.6 Å². The van der Waals surface area contributed by atoms with E-state index in [0.717, 1.165) is 23.2 Å². The van der Waals surface area contributed by atoms with Gasteiger partial charge in [-0.3, -0.25) is 14.2 Å². The maximum atomic E-state index is 13.6. The zero-order chi connectivity index (χ0) is 29.0. The summed E-state index contributed by atoms with van der Waals surface area (Å²) in [6, 6.07) is 16.3. The molecule has 206 valence electrons. The number of carbonyl (C=O) groups excluding carboxylic acids is 1. The minimum Gasteiger partial charge on any atom is -0.352 e. The molecule has 0 spiro atoms. The second-order valence-electron chi connectivity index (χ2n) is 9.45. The molecule has 0 radical (unpaired) electrons. The molecular formula is C29H27F3N6O2. The fraction of sp³-hybridized carbons (Fsp3) is 0.241. The standard InChI is InChI=1S/C29H27F3N6O2/c1-19-24(26-12-14-35-38(26)22-10-8-20(18-33)9-11-22)17-25(27(39)34-13-5-15-36(2)3)28(40)37(19)23-7-4-6-21(16-23)29(30,31)32/h4,6-12,14,16-17H,5,13,15H2,1-3H3,(H,34,39). The van der Waals surface area contributed by atoms with Crippen LogP contribution in [0.2, 0.25) is 0 Å². The van der Waals surface area contributed by atoms with E-state index >= 15 is 0 Å². The van der Waals surface area contributed by atoms with E-state index in [9.17, 15) is 22.8 Å². The van der Waals surface area contributed by atoms with Gasteiger partial charge in [-0.05, 0) is 88.6 Å². The number of rotatable bonds is 8. The fourth-order valence-corrected chi connectivity index (χ4v) is 4.34. The van der Waals surface area contributed by atoms with Gasteiger partial charge < -0.3 is 10.2 Å². The molecule has 0 aliphatic rings. The molecule has 4 aromatic rings. The van der Waals surface area contributed by atoms with Gasteiger partial charge >= 0.3 is 6.18 Å². The molecule has 0 aliphatic heterocycles. The lowest BCUT2D eigenvalue weighted by atomic mass is 10.0. The normalized spacial score (nSPS) is 11.4. The van der Waals surface area contributed by atoms with Gasteiger partial charge in [0.25, 0.3) is 11.5 Å². The second-order valence-corrected chi connectivity index (χ2v) is 9.45. The smallest absolute Gasteiger partial charge is 0.352 e. The zero-order valence-electron chi connectivity index (χ0n) is 22.2. The zero-order valence-corrected chi connectivity index (χ0v) is 22.2. The fourth-order valence-electron chi connectivity index (χ4n) is 4.34. The molecule has 4 rings (SSSR count). The molecule has 2 aromatic carbocycles. The summed E-state index contributed by atoms with van der Waals surface area (Å²) in [5, 5.41) is 16.3. The quantitative estimate of drug-likeness (QED) is 0.326. The number of nitriles is 1. The van der Waals surface area contributed by atoms with E-state index in [2.05, 4.69) is 16.5 Å². The van der Waals surface area contributed by atoms with Crippen LogP contribution in [0.4, 0.5) is 13.2 Å². The molecule has 0 aliphatic carbocycles. The van der Waals surface area contributed by atoms with Crippen LogP contribution < -0.4 is 10.9 Å². The molecule has 1 N–H and O–H groups in total. The Bertz CT molecular complexity index is 1630. The summed E-state index contributed by atoms with van der Waals surface area (Å²) in [6.07, 6.45) is -2.44.